The maximum Gasteiger partial charge on any atom is 0.305 e. The van der Waals surface area contributed by atoms with Gasteiger partial charge in [-0.3, -0.25) is 29.2 Å². The van der Waals surface area contributed by atoms with Gasteiger partial charge < -0.3 is 54.1 Å². The molecule has 0 unspecified atom stereocenters. The Morgan fingerprint density at radius 3 is 1.06 bits per heavy atom. The lowest BCUT2D eigenvalue weighted by Gasteiger charge is -2.05. The third kappa shape index (κ3) is 160. The number of aromatic amines is 1. The van der Waals surface area contributed by atoms with Gasteiger partial charge in [0, 0.05) is 61.0 Å². The number of guanidine groups is 1. The van der Waals surface area contributed by atoms with E-state index in [0.717, 1.165) is 73.3 Å². The first kappa shape index (κ1) is 143. The molecule has 15 N–H and O–H groups in total. The molecular weight excluding hydrogens is 1530 g/mol. The number of carbonyl (C=O) groups excluding carboxylic acids is 2. The molecule has 16 nitrogen and oxygen atoms in total. The summed E-state index contributed by atoms with van der Waals surface area (Å²) in [6.45, 7) is 89.6. The number of carboxylic acid groups (broad SMARTS) is 2. The fourth-order valence-corrected chi connectivity index (χ4v) is 7.54. The van der Waals surface area contributed by atoms with Crippen molar-refractivity contribution < 1.29 is 39.6 Å². The topological polar surface area (TPSA) is 320 Å². The molecule has 712 valence electrons. The normalized spacial score (nSPS) is 10.4. The molecule has 3 aromatic carbocycles. The Hall–Kier alpha value is -5.82. The number of carboxylic acids is 2. The molecule has 0 fully saturated rings. The molecule has 4 aromatic rings. The van der Waals surface area contributed by atoms with Gasteiger partial charge in [0.05, 0.1) is 5.92 Å². The van der Waals surface area contributed by atoms with E-state index in [4.69, 9.17) is 49.1 Å². The Morgan fingerprint density at radius 1 is 0.517 bits per heavy atom. The second-order valence-electron chi connectivity index (χ2n) is 36.9. The lowest BCUT2D eigenvalue weighted by molar-refractivity contribution is -0.140. The van der Waals surface area contributed by atoms with Crippen molar-refractivity contribution in [1.29, 1.82) is 0 Å². The smallest absolute Gasteiger partial charge is 0.305 e. The Balaban J connectivity index is -0.0000000927. The van der Waals surface area contributed by atoms with Gasteiger partial charge in [-0.1, -0.05) is 357 Å². The van der Waals surface area contributed by atoms with Crippen LogP contribution in [-0.4, -0.2) is 97.3 Å². The molecule has 0 radical (unpaired) electrons. The van der Waals surface area contributed by atoms with Crippen LogP contribution >= 0.6 is 24.4 Å². The molecule has 18 heteroatoms. The van der Waals surface area contributed by atoms with E-state index in [9.17, 15) is 19.2 Å². The van der Waals surface area contributed by atoms with Crippen molar-refractivity contribution in [2.45, 2.75) is 378 Å². The summed E-state index contributed by atoms with van der Waals surface area (Å²) < 4.78 is 0. The highest BCUT2D eigenvalue weighted by atomic mass is 32.2. The number of hydrogen-bond acceptors (Lipinski definition) is 11. The van der Waals surface area contributed by atoms with Crippen LogP contribution in [0, 0.1) is 82.9 Å². The number of aromatic nitrogens is 1. The lowest BCUT2D eigenvalue weighted by atomic mass is 10.0. The van der Waals surface area contributed by atoms with Crippen molar-refractivity contribution in [3.8, 4) is 5.75 Å². The van der Waals surface area contributed by atoms with Gasteiger partial charge >= 0.3 is 11.9 Å². The van der Waals surface area contributed by atoms with Gasteiger partial charge in [-0.05, 0) is 193 Å². The zero-order valence-corrected chi connectivity index (χ0v) is 88.0. The SMILES string of the molecule is CC(C)C.CC(C)C(=O)O.CC(C)C(C)C.CC(C)C(N)=O.CC(C)C1=NC=CC1.CC(C)CC(=O)O.CC(C)CC(C)C.CC(C)CC(N)=O.CC(C)CCCN.CC(C)CCN=C(N)N.CC(C)O.CC(C)S.CC(C)c1cc2ccccc2[nH]1.CC(C)c1ccc(O)cc1.CC(C)c1ccccc1.CCC.CCC(C)C.CSCC(C)C. The largest absolute Gasteiger partial charge is 0.508 e. The summed E-state index contributed by atoms with van der Waals surface area (Å²) in [4.78, 5) is 50.9. The number of aromatic hydroxyl groups is 1. The van der Waals surface area contributed by atoms with Gasteiger partial charge in [-0.2, -0.15) is 24.4 Å². The molecule has 0 bridgehead atoms. The number of nitrogens with one attached hydrogen (secondary N) is 1. The van der Waals surface area contributed by atoms with Crippen LogP contribution in [0.2, 0.25) is 0 Å². The molecule has 0 saturated heterocycles. The number of phenolic OH excluding ortho intramolecular Hbond substituents is 1. The second-order valence-corrected chi connectivity index (χ2v) is 38.8. The average Bonchev–Trinajstić information content (AvgIpc) is 1.70. The van der Waals surface area contributed by atoms with E-state index in [1.807, 2.05) is 77.7 Å². The molecule has 1 aliphatic heterocycles. The summed E-state index contributed by atoms with van der Waals surface area (Å²) in [6, 6.07) is 28.4. The number of hydrogen-bond donors (Lipinski definition) is 11. The third-order valence-corrected chi connectivity index (χ3v) is 15.4. The number of allylic oxidation sites excluding steroid dienone is 1. The van der Waals surface area contributed by atoms with Crippen LogP contribution in [0.3, 0.4) is 0 Å². The molecule has 5 rings (SSSR count). The van der Waals surface area contributed by atoms with Crippen molar-refractivity contribution in [3.05, 3.63) is 114 Å². The first-order valence-electron chi connectivity index (χ1n) is 45.2. The van der Waals surface area contributed by atoms with Gasteiger partial charge in [0.25, 0.3) is 0 Å². The molecule has 0 spiro atoms. The number of aliphatic carboxylic acids is 2. The zero-order valence-electron chi connectivity index (χ0n) is 86.3. The van der Waals surface area contributed by atoms with E-state index < -0.39 is 11.9 Å². The molecule has 120 heavy (non-hydrogen) atoms. The van der Waals surface area contributed by atoms with Crippen LogP contribution in [0.15, 0.2) is 107 Å². The van der Waals surface area contributed by atoms with E-state index in [0.29, 0.717) is 52.9 Å². The van der Waals surface area contributed by atoms with Crippen molar-refractivity contribution in [2.24, 2.45) is 122 Å². The van der Waals surface area contributed by atoms with Crippen LogP contribution in [-0.2, 0) is 19.2 Å². The van der Waals surface area contributed by atoms with Crippen LogP contribution in [0.4, 0.5) is 0 Å². The summed E-state index contributed by atoms with van der Waals surface area (Å²) in [5, 5.41) is 34.9. The minimum absolute atomic E-state index is 0.00926. The fourth-order valence-electron chi connectivity index (χ4n) is 6.87. The Bertz CT molecular complexity index is 2730. The number of rotatable bonds is 22. The quantitative estimate of drug-likeness (QED) is 0.0199. The van der Waals surface area contributed by atoms with E-state index in [2.05, 4.69) is 302 Å². The molecule has 0 atom stereocenters. The number of fused-ring (bicyclic) bond motifs is 1. The van der Waals surface area contributed by atoms with Crippen LogP contribution in [0.1, 0.15) is 383 Å². The number of phenols is 1. The van der Waals surface area contributed by atoms with Gasteiger partial charge in [0.1, 0.15) is 5.75 Å². The van der Waals surface area contributed by atoms with Gasteiger partial charge in [-0.15, -0.1) is 0 Å². The van der Waals surface area contributed by atoms with E-state index in [1.54, 1.807) is 53.7 Å². The highest BCUT2D eigenvalue weighted by molar-refractivity contribution is 7.98. The number of thioether (sulfide) groups is 1. The number of primary amides is 2. The van der Waals surface area contributed by atoms with Crippen molar-refractivity contribution in [2.75, 3.05) is 25.1 Å². The van der Waals surface area contributed by atoms with Crippen LogP contribution < -0.4 is 28.7 Å². The Kier molecular flexibility index (Phi) is 119. The highest BCUT2D eigenvalue weighted by Crippen LogP contribution is 2.21. The maximum atomic E-state index is 10.0. The number of carbonyl (C=O) groups is 4. The monoisotopic (exact) mass is 1730 g/mol. The molecule has 0 aliphatic carbocycles. The predicted octanol–water partition coefficient (Wildman–Crippen LogP) is 28.6. The van der Waals surface area contributed by atoms with Crippen molar-refractivity contribution in [3.63, 3.8) is 0 Å². The molecule has 1 aliphatic rings. The zero-order chi connectivity index (χ0) is 97.5. The average molecular weight is 1730 g/mol. The molecule has 2 heterocycles. The maximum absolute atomic E-state index is 10.0. The number of nitrogens with zero attached hydrogens (tertiary/aromatic N) is 2. The predicted molar refractivity (Wildman–Crippen MR) is 547 cm³/mol. The number of nitrogens with two attached hydrogens (primary N) is 5. The van der Waals surface area contributed by atoms with Gasteiger partial charge in [0.15, 0.2) is 5.96 Å². The molecule has 1 aromatic heterocycles. The Morgan fingerprint density at radius 2 is 0.883 bits per heavy atom. The van der Waals surface area contributed by atoms with Gasteiger partial charge in [0.2, 0.25) is 11.8 Å². The molecular formula is C102H204N8O8S2. The number of thiol groups is 1. The van der Waals surface area contributed by atoms with Gasteiger partial charge in [-0.25, -0.2) is 0 Å². The van der Waals surface area contributed by atoms with Crippen LogP contribution in [0.5, 0.6) is 5.75 Å². The summed E-state index contributed by atoms with van der Waals surface area (Å²) >= 11 is 5.88. The minimum atomic E-state index is -0.741. The summed E-state index contributed by atoms with van der Waals surface area (Å²) in [7, 11) is 0. The second kappa shape index (κ2) is 100. The summed E-state index contributed by atoms with van der Waals surface area (Å²) in [6.07, 6.45) is 15.2. The number of benzene rings is 3. The molecule has 0 saturated carbocycles. The standard InChI is InChI=1S/C11H13N.C9H12O.C9H12.C7H11N.C7H16.C6H15N3.C6H15N.C6H14.C5H11NO.C5H10O2.C5H12S.C5H12.C4H9NO.C4H8O2.C4H10.C3H8O.C3H8S.C3H8/c1-8(2)11-7-9-5-3-4-6-10(9)12-11;1-7(2)8-3-5-9(10)6-4-8;1-8(2)9-6-4-3-5-7-9;1-6(2)7-4-3-5-8-7;1-6(2)5-7(3)4;1-5(2)3-4-9-6(7)8;1-6(2)4-3-5-7;1-5(2)6(3)4;2*1-4(2)3-5(6)7;1-5(2)4-6-3;1-4-5(2)3;2*1-3(2)4(5)6;1-4(2)3;2*1-3(2)4;1-3-2/h3-8,12H,1-2H3;3-7,10H,1-2H3;3-8H,1-2H3;3,5-6H,4H2,1-2H3;6-7H,5H2,1-4H3;5H,3-4H2,1-2H3,(H4,7,8,9);6H,3-5,7H2,1-2H3;5-6H,1-4H3;4H,3H2,1-2H3,(H2,6,7);4H,3H2,1-2H3,(H,6,7);5H,4H2,1-3H3;5H,4H2,1-3H3;3H,1-2H3,(H2,5,6);3H,1-2H3,(H,5,6);4H,1-3H3;2*3-4H,1-2H3;3H2,1-2H3. The number of aliphatic hydroxyl groups is 1. The lowest BCUT2D eigenvalue weighted by Crippen LogP contribution is -2.23. The van der Waals surface area contributed by atoms with Crippen molar-refractivity contribution in [1.82, 2.24) is 4.98 Å². The Labute approximate surface area is 754 Å². The molecule has 2 amide bonds. The first-order chi connectivity index (χ1) is 54.9. The fraction of sp³-hybridized carbons (Fsp3) is 0.725. The van der Waals surface area contributed by atoms with E-state index >= 15 is 0 Å². The number of amides is 2. The highest BCUT2D eigenvalue weighted by Gasteiger charge is 2.06. The summed E-state index contributed by atoms with van der Waals surface area (Å²) in [5.74, 6) is 10.3. The number of para-hydroxylation sites is 1. The van der Waals surface area contributed by atoms with E-state index in [1.165, 1.54) is 71.3 Å². The third-order valence-electron chi connectivity index (χ3n) is 14.4. The number of aliphatic hydroxyl groups excluding tert-OH is 1. The first-order valence-corrected chi connectivity index (χ1v) is 47.1. The van der Waals surface area contributed by atoms with Crippen molar-refractivity contribution >= 4 is 70.7 Å². The minimum Gasteiger partial charge on any atom is -0.508 e. The number of aliphatic imine (C=N–C) groups is 2. The number of H-pyrrole nitrogens is 1. The summed E-state index contributed by atoms with van der Waals surface area (Å²) in [5.41, 5.74) is 31.7. The van der Waals surface area contributed by atoms with E-state index in [-0.39, 0.29) is 48.1 Å². The van der Waals surface area contributed by atoms with Crippen LogP contribution in [0.25, 0.3) is 10.9 Å².